The van der Waals surface area contributed by atoms with Gasteiger partial charge in [-0.05, 0) is 35.9 Å². The van der Waals surface area contributed by atoms with E-state index in [9.17, 15) is 22.4 Å². The Labute approximate surface area is 205 Å². The van der Waals surface area contributed by atoms with Crippen molar-refractivity contribution in [1.82, 2.24) is 9.97 Å². The molecular formula is C23H19ClF4N3O3P. The van der Waals surface area contributed by atoms with Crippen LogP contribution in [0.4, 0.5) is 28.2 Å². The number of pyridine rings is 2. The molecule has 0 N–H and O–H groups in total. The zero-order valence-corrected chi connectivity index (χ0v) is 20.3. The van der Waals surface area contributed by atoms with Gasteiger partial charge in [0.05, 0.1) is 24.9 Å². The first kappa shape index (κ1) is 25.1. The van der Waals surface area contributed by atoms with Crippen LogP contribution >= 0.6 is 20.8 Å². The van der Waals surface area contributed by atoms with Crippen LogP contribution in [0.1, 0.15) is 29.7 Å². The number of rotatable bonds is 6. The summed E-state index contributed by atoms with van der Waals surface area (Å²) in [5.74, 6) is -2.77. The fraction of sp³-hybridized carbons (Fsp3) is 0.261. The molecule has 0 saturated heterocycles. The van der Waals surface area contributed by atoms with E-state index >= 15 is 0 Å². The van der Waals surface area contributed by atoms with E-state index in [0.717, 1.165) is 17.0 Å². The quantitative estimate of drug-likeness (QED) is 0.206. The van der Waals surface area contributed by atoms with E-state index in [0.29, 0.717) is 18.2 Å². The molecule has 1 aromatic carbocycles. The normalized spacial score (nSPS) is 16.1. The fourth-order valence-corrected chi connectivity index (χ4v) is 4.12. The number of benzene rings is 1. The standard InChI is InChI=1S/C23H19ClF4N3O3P/c1-22(25,26)13-9-16(30-17(24)10-13)15-7-8-29-20-18(15)19(23(27,28)35)34-21(32)31(20)11-12-3-5-14(33-2)6-4-12/h3-10,19H,11,35H2,1-2H3/t19-/m1/s1. The highest BCUT2D eigenvalue weighted by Gasteiger charge is 2.48. The molecule has 1 aliphatic heterocycles. The van der Waals surface area contributed by atoms with Gasteiger partial charge < -0.3 is 9.47 Å². The minimum Gasteiger partial charge on any atom is -0.497 e. The Kier molecular flexibility index (Phi) is 6.64. The average molecular weight is 528 g/mol. The molecule has 1 aliphatic rings. The fourth-order valence-electron chi connectivity index (χ4n) is 3.68. The first-order valence-electron chi connectivity index (χ1n) is 10.2. The zero-order valence-electron chi connectivity index (χ0n) is 18.4. The second kappa shape index (κ2) is 9.24. The average Bonchev–Trinajstić information content (AvgIpc) is 2.79. The summed E-state index contributed by atoms with van der Waals surface area (Å²) in [5, 5.41) is -0.248. The molecule has 0 spiro atoms. The maximum atomic E-state index is 14.6. The molecule has 0 saturated carbocycles. The highest BCUT2D eigenvalue weighted by molar-refractivity contribution is 7.18. The first-order chi connectivity index (χ1) is 16.4. The molecule has 4 rings (SSSR count). The molecule has 1 unspecified atom stereocenters. The zero-order chi connectivity index (χ0) is 25.5. The van der Waals surface area contributed by atoms with Crippen molar-refractivity contribution in [2.75, 3.05) is 12.0 Å². The monoisotopic (exact) mass is 527 g/mol. The van der Waals surface area contributed by atoms with E-state index in [-0.39, 0.29) is 34.3 Å². The number of fused-ring (bicyclic) bond motifs is 1. The number of hydrogen-bond acceptors (Lipinski definition) is 5. The van der Waals surface area contributed by atoms with Crippen molar-refractivity contribution in [3.05, 3.63) is 70.5 Å². The Hall–Kier alpha value is -2.97. The molecule has 0 aliphatic carbocycles. The molecular weight excluding hydrogens is 509 g/mol. The smallest absolute Gasteiger partial charge is 0.416 e. The van der Waals surface area contributed by atoms with Gasteiger partial charge in [-0.2, -0.15) is 8.78 Å². The van der Waals surface area contributed by atoms with Crippen LogP contribution in [-0.4, -0.2) is 28.8 Å². The Morgan fingerprint density at radius 1 is 1.17 bits per heavy atom. The van der Waals surface area contributed by atoms with Gasteiger partial charge in [0.2, 0.25) is 0 Å². The lowest BCUT2D eigenvalue weighted by Gasteiger charge is -2.36. The molecule has 3 heterocycles. The number of aromatic nitrogens is 2. The van der Waals surface area contributed by atoms with E-state index in [1.807, 2.05) is 0 Å². The van der Waals surface area contributed by atoms with Gasteiger partial charge in [0.25, 0.3) is 11.6 Å². The van der Waals surface area contributed by atoms with Gasteiger partial charge in [-0.1, -0.05) is 33.0 Å². The third-order valence-corrected chi connectivity index (χ3v) is 5.85. The van der Waals surface area contributed by atoms with Crippen LogP contribution in [0, 0.1) is 0 Å². The Bertz CT molecular complexity index is 1270. The lowest BCUT2D eigenvalue weighted by atomic mass is 9.97. The third-order valence-electron chi connectivity index (χ3n) is 5.35. The van der Waals surface area contributed by atoms with Gasteiger partial charge in [-0.3, -0.25) is 4.90 Å². The van der Waals surface area contributed by atoms with Crippen molar-refractivity contribution in [2.24, 2.45) is 0 Å². The second-order valence-electron chi connectivity index (χ2n) is 7.92. The Morgan fingerprint density at radius 3 is 2.46 bits per heavy atom. The highest BCUT2D eigenvalue weighted by Crippen LogP contribution is 2.49. The maximum Gasteiger partial charge on any atom is 0.416 e. The van der Waals surface area contributed by atoms with Crippen molar-refractivity contribution >= 4 is 32.8 Å². The van der Waals surface area contributed by atoms with Crippen LogP contribution in [0.5, 0.6) is 5.75 Å². The largest absolute Gasteiger partial charge is 0.497 e. The molecule has 0 radical (unpaired) electrons. The van der Waals surface area contributed by atoms with E-state index in [4.69, 9.17) is 21.1 Å². The minimum absolute atomic E-state index is 0.0300. The molecule has 0 bridgehead atoms. The molecule has 6 nitrogen and oxygen atoms in total. The van der Waals surface area contributed by atoms with Crippen LogP contribution < -0.4 is 9.64 Å². The van der Waals surface area contributed by atoms with Gasteiger partial charge in [0, 0.05) is 24.2 Å². The molecule has 1 amide bonds. The van der Waals surface area contributed by atoms with E-state index in [1.54, 1.807) is 24.3 Å². The van der Waals surface area contributed by atoms with E-state index < -0.39 is 29.3 Å². The summed E-state index contributed by atoms with van der Waals surface area (Å²) in [6.45, 7) is 0.630. The molecule has 2 aromatic heterocycles. The number of amides is 1. The lowest BCUT2D eigenvalue weighted by Crippen LogP contribution is -2.41. The summed E-state index contributed by atoms with van der Waals surface area (Å²) in [4.78, 5) is 22.1. The lowest BCUT2D eigenvalue weighted by molar-refractivity contribution is -0.0471. The van der Waals surface area contributed by atoms with Crippen LogP contribution in [0.2, 0.25) is 5.15 Å². The summed E-state index contributed by atoms with van der Waals surface area (Å²) in [5.41, 5.74) is -3.64. The number of alkyl halides is 4. The first-order valence-corrected chi connectivity index (χ1v) is 11.2. The third kappa shape index (κ3) is 5.18. The van der Waals surface area contributed by atoms with Crippen molar-refractivity contribution in [3.63, 3.8) is 0 Å². The van der Waals surface area contributed by atoms with E-state index in [2.05, 4.69) is 9.97 Å². The maximum absolute atomic E-state index is 14.6. The molecule has 12 heteroatoms. The second-order valence-corrected chi connectivity index (χ2v) is 9.08. The van der Waals surface area contributed by atoms with Gasteiger partial charge >= 0.3 is 6.09 Å². The number of anilines is 1. The molecule has 0 fully saturated rings. The van der Waals surface area contributed by atoms with E-state index in [1.165, 1.54) is 28.6 Å². The number of carbonyl (C=O) groups is 1. The summed E-state index contributed by atoms with van der Waals surface area (Å²) < 4.78 is 67.5. The number of methoxy groups -OCH3 is 1. The molecule has 184 valence electrons. The Balaban J connectivity index is 1.88. The topological polar surface area (TPSA) is 64.5 Å². The number of cyclic esters (lactones) is 1. The summed E-state index contributed by atoms with van der Waals surface area (Å²) >= 11 is 5.98. The van der Waals surface area contributed by atoms with Crippen LogP contribution in [0.15, 0.2) is 48.7 Å². The van der Waals surface area contributed by atoms with Gasteiger partial charge in [0.1, 0.15) is 16.7 Å². The predicted molar refractivity (Wildman–Crippen MR) is 125 cm³/mol. The summed E-state index contributed by atoms with van der Waals surface area (Å²) in [6.07, 6.45) is -1.82. The predicted octanol–water partition coefficient (Wildman–Crippen LogP) is 6.58. The van der Waals surface area contributed by atoms with Crippen molar-refractivity contribution in [3.8, 4) is 17.0 Å². The molecule has 2 atom stereocenters. The molecule has 35 heavy (non-hydrogen) atoms. The van der Waals surface area contributed by atoms with Crippen molar-refractivity contribution < 1.29 is 31.8 Å². The number of carbonyl (C=O) groups excluding carboxylic acids is 1. The number of ether oxygens (including phenoxy) is 2. The summed E-state index contributed by atoms with van der Waals surface area (Å²) in [7, 11) is 2.85. The SMILES string of the molecule is COc1ccc(CN2C(=O)O[C@@H](C(F)(F)P)c3c(-c4cc(C(C)(F)F)cc(Cl)n4)ccnc32)cc1. The van der Waals surface area contributed by atoms with Crippen LogP contribution in [-0.2, 0) is 17.2 Å². The summed E-state index contributed by atoms with van der Waals surface area (Å²) in [6, 6.07) is 10.1. The Morgan fingerprint density at radius 2 is 1.86 bits per heavy atom. The van der Waals surface area contributed by atoms with Gasteiger partial charge in [-0.25, -0.2) is 23.5 Å². The minimum atomic E-state index is -3.59. The van der Waals surface area contributed by atoms with Gasteiger partial charge in [-0.15, -0.1) is 0 Å². The number of hydrogen-bond donors (Lipinski definition) is 0. The number of nitrogens with zero attached hydrogens (tertiary/aromatic N) is 3. The van der Waals surface area contributed by atoms with Crippen molar-refractivity contribution in [1.29, 1.82) is 0 Å². The van der Waals surface area contributed by atoms with Gasteiger partial charge in [0.15, 0.2) is 6.10 Å². The molecule has 3 aromatic rings. The highest BCUT2D eigenvalue weighted by atomic mass is 35.5. The van der Waals surface area contributed by atoms with Crippen LogP contribution in [0.25, 0.3) is 11.3 Å². The van der Waals surface area contributed by atoms with Crippen molar-refractivity contribution in [2.45, 2.75) is 31.2 Å². The number of halogens is 5. The van der Waals surface area contributed by atoms with Crippen LogP contribution in [0.3, 0.4) is 0 Å².